The zero-order chi connectivity index (χ0) is 21.7. The van der Waals surface area contributed by atoms with E-state index < -0.39 is 10.0 Å². The summed E-state index contributed by atoms with van der Waals surface area (Å²) in [5.41, 5.74) is 4.61. The average Bonchev–Trinajstić information content (AvgIpc) is 2.70. The van der Waals surface area contributed by atoms with Gasteiger partial charge in [-0.05, 0) is 74.1 Å². The van der Waals surface area contributed by atoms with Crippen LogP contribution in [0.1, 0.15) is 36.0 Å². The van der Waals surface area contributed by atoms with E-state index in [-0.39, 0.29) is 12.5 Å². The molecule has 0 unspecified atom stereocenters. The van der Waals surface area contributed by atoms with Crippen LogP contribution >= 0.6 is 0 Å². The molecule has 7 heteroatoms. The molecule has 0 aliphatic carbocycles. The molecule has 1 N–H and O–H groups in total. The molecule has 30 heavy (non-hydrogen) atoms. The lowest BCUT2D eigenvalue weighted by molar-refractivity contribution is -0.119. The van der Waals surface area contributed by atoms with E-state index in [9.17, 15) is 13.2 Å². The number of carbonyl (C=O) groups is 1. The lowest BCUT2D eigenvalue weighted by atomic mass is 10.1. The van der Waals surface area contributed by atoms with Crippen LogP contribution in [0.5, 0.6) is 0 Å². The molecule has 0 bridgehead atoms. The smallest absolute Gasteiger partial charge is 0.241 e. The Labute approximate surface area is 179 Å². The van der Waals surface area contributed by atoms with E-state index >= 15 is 0 Å². The van der Waals surface area contributed by atoms with Gasteiger partial charge in [0.15, 0.2) is 0 Å². The minimum Gasteiger partial charge on any atom is -0.372 e. The van der Waals surface area contributed by atoms with Gasteiger partial charge in [0.2, 0.25) is 15.9 Å². The van der Waals surface area contributed by atoms with Crippen molar-refractivity contribution in [3.63, 3.8) is 0 Å². The van der Waals surface area contributed by atoms with E-state index in [1.165, 1.54) is 24.9 Å². The van der Waals surface area contributed by atoms with Crippen molar-refractivity contribution in [2.24, 2.45) is 0 Å². The molecule has 1 heterocycles. The summed E-state index contributed by atoms with van der Waals surface area (Å²) in [6, 6.07) is 13.7. The summed E-state index contributed by atoms with van der Waals surface area (Å²) in [6.07, 6.45) is 4.88. The van der Waals surface area contributed by atoms with Gasteiger partial charge < -0.3 is 10.2 Å². The summed E-state index contributed by atoms with van der Waals surface area (Å²) in [6.45, 7) is 6.12. The van der Waals surface area contributed by atoms with Gasteiger partial charge in [-0.3, -0.25) is 9.10 Å². The van der Waals surface area contributed by atoms with E-state index in [1.54, 1.807) is 12.1 Å². The molecule has 0 atom stereocenters. The van der Waals surface area contributed by atoms with Gasteiger partial charge in [-0.25, -0.2) is 8.42 Å². The second kappa shape index (κ2) is 9.51. The molecule has 3 rings (SSSR count). The number of carbonyl (C=O) groups excluding carboxylic acids is 1. The van der Waals surface area contributed by atoms with Crippen molar-refractivity contribution in [2.45, 2.75) is 39.7 Å². The zero-order valence-electron chi connectivity index (χ0n) is 18.0. The lowest BCUT2D eigenvalue weighted by Gasteiger charge is -2.28. The van der Waals surface area contributed by atoms with E-state index in [1.807, 2.05) is 32.0 Å². The Bertz CT molecular complexity index is 961. The maximum atomic E-state index is 12.5. The Morgan fingerprint density at radius 2 is 1.60 bits per heavy atom. The molecule has 0 aromatic heterocycles. The number of hydrogen-bond donors (Lipinski definition) is 1. The van der Waals surface area contributed by atoms with Gasteiger partial charge >= 0.3 is 0 Å². The monoisotopic (exact) mass is 429 g/mol. The number of nitrogens with one attached hydrogen (secondary N) is 1. The quantitative estimate of drug-likeness (QED) is 0.733. The highest BCUT2D eigenvalue weighted by Gasteiger charge is 2.21. The van der Waals surface area contributed by atoms with Crippen LogP contribution in [0, 0.1) is 13.8 Å². The van der Waals surface area contributed by atoms with Crippen molar-refractivity contribution >= 4 is 27.3 Å². The van der Waals surface area contributed by atoms with Crippen LogP contribution in [-0.2, 0) is 21.4 Å². The maximum absolute atomic E-state index is 12.5. The number of benzene rings is 2. The predicted molar refractivity (Wildman–Crippen MR) is 122 cm³/mol. The van der Waals surface area contributed by atoms with Crippen LogP contribution in [-0.4, -0.2) is 40.2 Å². The van der Waals surface area contributed by atoms with Crippen LogP contribution < -0.4 is 14.5 Å². The number of amides is 1. The first-order valence-electron chi connectivity index (χ1n) is 10.4. The first kappa shape index (κ1) is 22.2. The second-order valence-electron chi connectivity index (χ2n) is 8.11. The number of anilines is 2. The van der Waals surface area contributed by atoms with E-state index in [0.717, 1.165) is 40.3 Å². The van der Waals surface area contributed by atoms with Gasteiger partial charge in [0.25, 0.3) is 0 Å². The molecule has 0 saturated carbocycles. The highest BCUT2D eigenvalue weighted by atomic mass is 32.2. The Morgan fingerprint density at radius 3 is 2.17 bits per heavy atom. The number of sulfonamides is 1. The zero-order valence-corrected chi connectivity index (χ0v) is 18.8. The van der Waals surface area contributed by atoms with Crippen molar-refractivity contribution < 1.29 is 13.2 Å². The fourth-order valence-electron chi connectivity index (χ4n) is 3.86. The van der Waals surface area contributed by atoms with Gasteiger partial charge in [-0.1, -0.05) is 18.2 Å². The summed E-state index contributed by atoms with van der Waals surface area (Å²) >= 11 is 0. The fraction of sp³-hybridized carbons (Fsp3) is 0.435. The predicted octanol–water partition coefficient (Wildman–Crippen LogP) is 3.38. The van der Waals surface area contributed by atoms with Crippen molar-refractivity contribution in [1.29, 1.82) is 0 Å². The summed E-state index contributed by atoms with van der Waals surface area (Å²) in [4.78, 5) is 14.9. The molecule has 2 aromatic rings. The third-order valence-corrected chi connectivity index (χ3v) is 6.47. The third kappa shape index (κ3) is 5.98. The molecule has 6 nitrogen and oxygen atoms in total. The third-order valence-electron chi connectivity index (χ3n) is 5.33. The summed E-state index contributed by atoms with van der Waals surface area (Å²) in [5, 5.41) is 2.84. The molecule has 2 aromatic carbocycles. The summed E-state index contributed by atoms with van der Waals surface area (Å²) in [5.74, 6) is -0.334. The SMILES string of the molecule is Cc1cc(C)cc(N(CC(=O)NCc2ccc(N3CCCCC3)cc2)S(C)(=O)=O)c1. The minimum atomic E-state index is -3.58. The topological polar surface area (TPSA) is 69.7 Å². The largest absolute Gasteiger partial charge is 0.372 e. The molecule has 0 spiro atoms. The van der Waals surface area contributed by atoms with E-state index in [4.69, 9.17) is 0 Å². The standard InChI is InChI=1S/C23H31N3O3S/c1-18-13-19(2)15-22(14-18)26(30(3,28)29)17-23(27)24-16-20-7-9-21(10-8-20)25-11-5-4-6-12-25/h7-10,13-15H,4-6,11-12,16-17H2,1-3H3,(H,24,27). The number of hydrogen-bond acceptors (Lipinski definition) is 4. The minimum absolute atomic E-state index is 0.242. The second-order valence-corrected chi connectivity index (χ2v) is 10.0. The first-order valence-corrected chi connectivity index (χ1v) is 12.2. The van der Waals surface area contributed by atoms with Crippen molar-refractivity contribution in [1.82, 2.24) is 5.32 Å². The molecular formula is C23H31N3O3S. The number of rotatable bonds is 7. The highest BCUT2D eigenvalue weighted by Crippen LogP contribution is 2.22. The average molecular weight is 430 g/mol. The molecule has 1 fully saturated rings. The van der Waals surface area contributed by atoms with Crippen LogP contribution in [0.15, 0.2) is 42.5 Å². The molecule has 0 radical (unpaired) electrons. The van der Waals surface area contributed by atoms with Crippen molar-refractivity contribution in [3.8, 4) is 0 Å². The number of nitrogens with zero attached hydrogens (tertiary/aromatic N) is 2. The number of piperidine rings is 1. The maximum Gasteiger partial charge on any atom is 0.241 e. The summed E-state index contributed by atoms with van der Waals surface area (Å²) in [7, 11) is -3.58. The van der Waals surface area contributed by atoms with Crippen LogP contribution in [0.2, 0.25) is 0 Å². The van der Waals surface area contributed by atoms with Crippen LogP contribution in [0.4, 0.5) is 11.4 Å². The first-order chi connectivity index (χ1) is 14.2. The van der Waals surface area contributed by atoms with Crippen molar-refractivity contribution in [2.75, 3.05) is 35.1 Å². The Balaban J connectivity index is 1.61. The molecule has 1 aliphatic heterocycles. The molecule has 1 aliphatic rings. The lowest BCUT2D eigenvalue weighted by Crippen LogP contribution is -2.40. The van der Waals surface area contributed by atoms with Gasteiger partial charge in [0.1, 0.15) is 6.54 Å². The molecule has 162 valence electrons. The van der Waals surface area contributed by atoms with E-state index in [2.05, 4.69) is 22.3 Å². The molecule has 1 saturated heterocycles. The van der Waals surface area contributed by atoms with Gasteiger partial charge in [0, 0.05) is 25.3 Å². The Hall–Kier alpha value is -2.54. The van der Waals surface area contributed by atoms with Crippen LogP contribution in [0.25, 0.3) is 0 Å². The van der Waals surface area contributed by atoms with Crippen molar-refractivity contribution in [3.05, 3.63) is 59.2 Å². The molecule has 1 amide bonds. The van der Waals surface area contributed by atoms with Crippen LogP contribution in [0.3, 0.4) is 0 Å². The van der Waals surface area contributed by atoms with Gasteiger partial charge in [-0.2, -0.15) is 0 Å². The fourth-order valence-corrected chi connectivity index (χ4v) is 4.70. The summed E-state index contributed by atoms with van der Waals surface area (Å²) < 4.78 is 25.7. The Kier molecular flexibility index (Phi) is 7.02. The molecular weight excluding hydrogens is 398 g/mol. The van der Waals surface area contributed by atoms with E-state index in [0.29, 0.717) is 12.2 Å². The normalized spacial score (nSPS) is 14.4. The highest BCUT2D eigenvalue weighted by molar-refractivity contribution is 7.92. The number of aryl methyl sites for hydroxylation is 2. The Morgan fingerprint density at radius 1 is 1.00 bits per heavy atom. The van der Waals surface area contributed by atoms with Gasteiger partial charge in [-0.15, -0.1) is 0 Å². The van der Waals surface area contributed by atoms with Gasteiger partial charge in [0.05, 0.1) is 11.9 Å².